The number of alkyl halides is 1. The normalized spacial score (nSPS) is 10.4. The van der Waals surface area contributed by atoms with Crippen molar-refractivity contribution in [3.8, 4) is 5.75 Å². The number of carbonyl (C=O) groups is 1. The molecule has 0 heterocycles. The molecule has 0 unspecified atom stereocenters. The maximum atomic E-state index is 12.2. The van der Waals surface area contributed by atoms with E-state index < -0.39 is 0 Å². The molecule has 1 aromatic carbocycles. The van der Waals surface area contributed by atoms with Crippen molar-refractivity contribution in [3.63, 3.8) is 0 Å². The Morgan fingerprint density at radius 2 is 1.94 bits per heavy atom. The van der Waals surface area contributed by atoms with Gasteiger partial charge in [-0.1, -0.05) is 19.1 Å². The van der Waals surface area contributed by atoms with Crippen LogP contribution in [0.25, 0.3) is 0 Å². The third kappa shape index (κ3) is 3.74. The summed E-state index contributed by atoms with van der Waals surface area (Å²) in [5.74, 6) is 1.39. The van der Waals surface area contributed by atoms with Crippen molar-refractivity contribution in [1.82, 2.24) is 0 Å². The molecule has 0 spiro atoms. The Kier molecular flexibility index (Phi) is 6.20. The highest BCUT2D eigenvalue weighted by atomic mass is 35.5. The van der Waals surface area contributed by atoms with E-state index in [0.717, 1.165) is 28.9 Å². The van der Waals surface area contributed by atoms with Crippen molar-refractivity contribution in [2.45, 2.75) is 40.0 Å². The van der Waals surface area contributed by atoms with Crippen molar-refractivity contribution >= 4 is 17.4 Å². The highest BCUT2D eigenvalue weighted by Gasteiger charge is 2.17. The van der Waals surface area contributed by atoms with Gasteiger partial charge in [0.25, 0.3) is 0 Å². The Morgan fingerprint density at radius 1 is 1.28 bits per heavy atom. The molecule has 18 heavy (non-hydrogen) atoms. The SMILES string of the molecule is CCCOc1c(C)ccc(C)c1C(=O)CCCCl. The Hall–Kier alpha value is -1.02. The number of hydrogen-bond donors (Lipinski definition) is 0. The second-order valence-electron chi connectivity index (χ2n) is 4.47. The number of halogens is 1. The summed E-state index contributed by atoms with van der Waals surface area (Å²) in [7, 11) is 0. The maximum Gasteiger partial charge on any atom is 0.166 e. The van der Waals surface area contributed by atoms with Crippen LogP contribution in [0.2, 0.25) is 0 Å². The molecular weight excluding hydrogens is 248 g/mol. The van der Waals surface area contributed by atoms with Crippen molar-refractivity contribution in [3.05, 3.63) is 28.8 Å². The molecular formula is C15H21ClO2. The number of carbonyl (C=O) groups excluding carboxylic acids is 1. The van der Waals surface area contributed by atoms with Crippen LogP contribution in [0.15, 0.2) is 12.1 Å². The standard InChI is InChI=1S/C15H21ClO2/c1-4-10-18-15-12(3)8-7-11(2)14(15)13(17)6-5-9-16/h7-8H,4-6,9-10H2,1-3H3. The average Bonchev–Trinajstić information content (AvgIpc) is 2.36. The summed E-state index contributed by atoms with van der Waals surface area (Å²) < 4.78 is 5.75. The molecule has 0 saturated heterocycles. The van der Waals surface area contributed by atoms with Gasteiger partial charge >= 0.3 is 0 Å². The first kappa shape index (κ1) is 15.0. The highest BCUT2D eigenvalue weighted by Crippen LogP contribution is 2.28. The molecule has 0 aliphatic rings. The van der Waals surface area contributed by atoms with E-state index in [-0.39, 0.29) is 5.78 Å². The van der Waals surface area contributed by atoms with Crippen LogP contribution in [0, 0.1) is 13.8 Å². The van der Waals surface area contributed by atoms with Gasteiger partial charge in [0.05, 0.1) is 12.2 Å². The summed E-state index contributed by atoms with van der Waals surface area (Å²) in [6.45, 7) is 6.62. The monoisotopic (exact) mass is 268 g/mol. The lowest BCUT2D eigenvalue weighted by atomic mass is 9.98. The van der Waals surface area contributed by atoms with Crippen LogP contribution >= 0.6 is 11.6 Å². The zero-order valence-electron chi connectivity index (χ0n) is 11.4. The zero-order chi connectivity index (χ0) is 13.5. The third-order valence-corrected chi connectivity index (χ3v) is 3.10. The number of hydrogen-bond acceptors (Lipinski definition) is 2. The Bertz CT molecular complexity index is 413. The van der Waals surface area contributed by atoms with Gasteiger partial charge < -0.3 is 4.74 Å². The molecule has 0 fully saturated rings. The quantitative estimate of drug-likeness (QED) is 0.545. The number of ketones is 1. The summed E-state index contributed by atoms with van der Waals surface area (Å²) in [4.78, 5) is 12.2. The first-order chi connectivity index (χ1) is 8.61. The van der Waals surface area contributed by atoms with Gasteiger partial charge in [-0.15, -0.1) is 11.6 Å². The van der Waals surface area contributed by atoms with E-state index >= 15 is 0 Å². The summed E-state index contributed by atoms with van der Waals surface area (Å²) >= 11 is 5.64. The topological polar surface area (TPSA) is 26.3 Å². The Labute approximate surface area is 114 Å². The number of benzene rings is 1. The van der Waals surface area contributed by atoms with Crippen molar-refractivity contribution in [1.29, 1.82) is 0 Å². The van der Waals surface area contributed by atoms with Crippen LogP contribution in [0.1, 0.15) is 47.7 Å². The van der Waals surface area contributed by atoms with E-state index in [1.807, 2.05) is 26.0 Å². The van der Waals surface area contributed by atoms with E-state index in [1.54, 1.807) is 0 Å². The van der Waals surface area contributed by atoms with Crippen LogP contribution < -0.4 is 4.74 Å². The van der Waals surface area contributed by atoms with Crippen LogP contribution in [-0.2, 0) is 0 Å². The molecule has 0 atom stereocenters. The lowest BCUT2D eigenvalue weighted by molar-refractivity contribution is 0.0977. The van der Waals surface area contributed by atoms with E-state index in [9.17, 15) is 4.79 Å². The fourth-order valence-corrected chi connectivity index (χ4v) is 2.01. The first-order valence-corrected chi connectivity index (χ1v) is 6.97. The van der Waals surface area contributed by atoms with Gasteiger partial charge in [-0.2, -0.15) is 0 Å². The van der Waals surface area contributed by atoms with E-state index in [1.165, 1.54) is 0 Å². The highest BCUT2D eigenvalue weighted by molar-refractivity contribution is 6.18. The molecule has 2 nitrogen and oxygen atoms in total. The minimum Gasteiger partial charge on any atom is -0.493 e. The van der Waals surface area contributed by atoms with Crippen LogP contribution in [0.5, 0.6) is 5.75 Å². The van der Waals surface area contributed by atoms with Gasteiger partial charge in [-0.25, -0.2) is 0 Å². The van der Waals surface area contributed by atoms with Gasteiger partial charge in [0.2, 0.25) is 0 Å². The number of aryl methyl sites for hydroxylation is 2. The molecule has 0 saturated carbocycles. The fraction of sp³-hybridized carbons (Fsp3) is 0.533. The van der Waals surface area contributed by atoms with Gasteiger partial charge in [-0.3, -0.25) is 4.79 Å². The smallest absolute Gasteiger partial charge is 0.166 e. The third-order valence-electron chi connectivity index (χ3n) is 2.83. The summed E-state index contributed by atoms with van der Waals surface area (Å²) in [5, 5.41) is 0. The summed E-state index contributed by atoms with van der Waals surface area (Å²) in [6.07, 6.45) is 2.12. The minimum atomic E-state index is 0.128. The molecule has 0 aromatic heterocycles. The van der Waals surface area contributed by atoms with Crippen molar-refractivity contribution in [2.24, 2.45) is 0 Å². The molecule has 0 N–H and O–H groups in total. The fourth-order valence-electron chi connectivity index (χ4n) is 1.87. The molecule has 0 amide bonds. The Morgan fingerprint density at radius 3 is 2.56 bits per heavy atom. The molecule has 0 aliphatic carbocycles. The lowest BCUT2D eigenvalue weighted by Crippen LogP contribution is -2.08. The summed E-state index contributed by atoms with van der Waals surface area (Å²) in [6, 6.07) is 3.97. The van der Waals surface area contributed by atoms with Gasteiger partial charge in [0.15, 0.2) is 5.78 Å². The number of Topliss-reactive ketones (excluding diaryl/α,β-unsaturated/α-hetero) is 1. The largest absolute Gasteiger partial charge is 0.493 e. The minimum absolute atomic E-state index is 0.128. The molecule has 100 valence electrons. The molecule has 1 aromatic rings. The van der Waals surface area contributed by atoms with E-state index in [2.05, 4.69) is 6.92 Å². The van der Waals surface area contributed by atoms with Crippen LogP contribution in [0.4, 0.5) is 0 Å². The predicted molar refractivity (Wildman–Crippen MR) is 76.0 cm³/mol. The van der Waals surface area contributed by atoms with Crippen LogP contribution in [-0.4, -0.2) is 18.3 Å². The van der Waals surface area contributed by atoms with Crippen molar-refractivity contribution < 1.29 is 9.53 Å². The Balaban J connectivity index is 3.06. The van der Waals surface area contributed by atoms with Gasteiger partial charge in [0.1, 0.15) is 5.75 Å². The second-order valence-corrected chi connectivity index (χ2v) is 4.85. The van der Waals surface area contributed by atoms with Gasteiger partial charge in [-0.05, 0) is 37.8 Å². The zero-order valence-corrected chi connectivity index (χ0v) is 12.1. The first-order valence-electron chi connectivity index (χ1n) is 6.44. The van der Waals surface area contributed by atoms with Crippen molar-refractivity contribution in [2.75, 3.05) is 12.5 Å². The molecule has 1 rings (SSSR count). The number of rotatable bonds is 7. The van der Waals surface area contributed by atoms with Crippen LogP contribution in [0.3, 0.4) is 0 Å². The van der Waals surface area contributed by atoms with E-state index in [0.29, 0.717) is 25.3 Å². The molecule has 0 bridgehead atoms. The lowest BCUT2D eigenvalue weighted by Gasteiger charge is -2.15. The van der Waals surface area contributed by atoms with E-state index in [4.69, 9.17) is 16.3 Å². The second kappa shape index (κ2) is 7.42. The summed E-state index contributed by atoms with van der Waals surface area (Å²) in [5.41, 5.74) is 2.73. The molecule has 0 aliphatic heterocycles. The molecule has 3 heteroatoms. The maximum absolute atomic E-state index is 12.2. The predicted octanol–water partition coefficient (Wildman–Crippen LogP) is 4.29. The van der Waals surface area contributed by atoms with Gasteiger partial charge in [0, 0.05) is 12.3 Å². The molecule has 0 radical (unpaired) electrons. The average molecular weight is 269 g/mol. The number of ether oxygens (including phenoxy) is 1.